The zero-order chi connectivity index (χ0) is 10.3. The Hall–Kier alpha value is -0.780. The summed E-state index contributed by atoms with van der Waals surface area (Å²) in [6, 6.07) is 0. The third kappa shape index (κ3) is 6.39. The second kappa shape index (κ2) is 6.71. The summed E-state index contributed by atoms with van der Waals surface area (Å²) in [6.45, 7) is 10.8. The molecule has 0 aromatic heterocycles. The monoisotopic (exact) mass is 178 g/mol. The van der Waals surface area contributed by atoms with Gasteiger partial charge in [-0.1, -0.05) is 48.3 Å². The van der Waals surface area contributed by atoms with Gasteiger partial charge in [0.2, 0.25) is 0 Å². The Balaban J connectivity index is 4.26. The molecule has 0 rings (SSSR count). The van der Waals surface area contributed by atoms with Gasteiger partial charge in [0.1, 0.15) is 0 Å². The molecule has 0 aliphatic carbocycles. The predicted molar refractivity (Wildman–Crippen MR) is 61.9 cm³/mol. The van der Waals surface area contributed by atoms with Gasteiger partial charge in [-0.3, -0.25) is 0 Å². The van der Waals surface area contributed by atoms with Crippen molar-refractivity contribution in [2.45, 2.75) is 47.5 Å². The van der Waals surface area contributed by atoms with Gasteiger partial charge >= 0.3 is 0 Å². The van der Waals surface area contributed by atoms with Crippen LogP contribution in [0.3, 0.4) is 0 Å². The Bertz CT molecular complexity index is 222. The molecule has 0 spiro atoms. The number of allylic oxidation sites excluding steroid dienone is 6. The Kier molecular flexibility index (Phi) is 6.30. The zero-order valence-electron chi connectivity index (χ0n) is 9.65. The van der Waals surface area contributed by atoms with Crippen LogP contribution in [0, 0.1) is 0 Å². The van der Waals surface area contributed by atoms with E-state index < -0.39 is 0 Å². The molecular weight excluding hydrogens is 156 g/mol. The van der Waals surface area contributed by atoms with Crippen LogP contribution in [0.2, 0.25) is 0 Å². The van der Waals surface area contributed by atoms with Crippen molar-refractivity contribution in [3.8, 4) is 0 Å². The SMILES string of the molecule is CCCC=CC(C)=CC(C)=C(C)C. The molecule has 0 aliphatic heterocycles. The van der Waals surface area contributed by atoms with Crippen LogP contribution in [0.15, 0.2) is 34.9 Å². The van der Waals surface area contributed by atoms with Gasteiger partial charge in [0.25, 0.3) is 0 Å². The smallest absolute Gasteiger partial charge is 0.0350 e. The summed E-state index contributed by atoms with van der Waals surface area (Å²) in [5.41, 5.74) is 4.11. The van der Waals surface area contributed by atoms with Crippen molar-refractivity contribution in [3.63, 3.8) is 0 Å². The maximum absolute atomic E-state index is 2.24. The standard InChI is InChI=1S/C13H22/c1-6-7-8-9-12(4)10-13(5)11(2)3/h8-10H,6-7H2,1-5H3. The zero-order valence-corrected chi connectivity index (χ0v) is 9.65. The van der Waals surface area contributed by atoms with Crippen molar-refractivity contribution >= 4 is 0 Å². The Morgan fingerprint density at radius 3 is 2.15 bits per heavy atom. The number of hydrogen-bond acceptors (Lipinski definition) is 0. The van der Waals surface area contributed by atoms with Crippen molar-refractivity contribution < 1.29 is 0 Å². The van der Waals surface area contributed by atoms with Gasteiger partial charge in [-0.05, 0) is 34.1 Å². The third-order valence-corrected chi connectivity index (χ3v) is 2.07. The summed E-state index contributed by atoms with van der Waals surface area (Å²) < 4.78 is 0. The minimum absolute atomic E-state index is 1.18. The van der Waals surface area contributed by atoms with Crippen molar-refractivity contribution in [2.75, 3.05) is 0 Å². The second-order valence-corrected chi connectivity index (χ2v) is 3.76. The van der Waals surface area contributed by atoms with Crippen LogP contribution in [-0.2, 0) is 0 Å². The van der Waals surface area contributed by atoms with Crippen LogP contribution >= 0.6 is 0 Å². The topological polar surface area (TPSA) is 0 Å². The molecule has 0 saturated carbocycles. The lowest BCUT2D eigenvalue weighted by Crippen LogP contribution is -1.76. The molecule has 0 bridgehead atoms. The normalized spacial score (nSPS) is 12.2. The molecule has 0 aromatic carbocycles. The molecule has 0 atom stereocenters. The van der Waals surface area contributed by atoms with E-state index in [2.05, 4.69) is 52.8 Å². The molecule has 0 heterocycles. The predicted octanol–water partition coefficient (Wildman–Crippen LogP) is 4.65. The van der Waals surface area contributed by atoms with E-state index in [1.54, 1.807) is 0 Å². The van der Waals surface area contributed by atoms with Crippen LogP contribution in [0.4, 0.5) is 0 Å². The highest BCUT2D eigenvalue weighted by Crippen LogP contribution is 2.08. The van der Waals surface area contributed by atoms with E-state index >= 15 is 0 Å². The van der Waals surface area contributed by atoms with E-state index in [1.165, 1.54) is 29.6 Å². The largest absolute Gasteiger partial charge is 0.0843 e. The highest BCUT2D eigenvalue weighted by atomic mass is 13.9. The van der Waals surface area contributed by atoms with Gasteiger partial charge in [-0.25, -0.2) is 0 Å². The molecule has 0 saturated heterocycles. The van der Waals surface area contributed by atoms with Gasteiger partial charge in [0.15, 0.2) is 0 Å². The lowest BCUT2D eigenvalue weighted by molar-refractivity contribution is 0.957. The van der Waals surface area contributed by atoms with Crippen molar-refractivity contribution in [2.24, 2.45) is 0 Å². The minimum atomic E-state index is 1.18. The van der Waals surface area contributed by atoms with Crippen molar-refractivity contribution in [3.05, 3.63) is 34.9 Å². The first kappa shape index (κ1) is 12.2. The number of unbranched alkanes of at least 4 members (excludes halogenated alkanes) is 1. The Morgan fingerprint density at radius 2 is 1.69 bits per heavy atom. The molecule has 0 N–H and O–H groups in total. The summed E-state index contributed by atoms with van der Waals surface area (Å²) in [5.74, 6) is 0. The van der Waals surface area contributed by atoms with Gasteiger partial charge < -0.3 is 0 Å². The fourth-order valence-corrected chi connectivity index (χ4v) is 0.970. The van der Waals surface area contributed by atoms with E-state index in [4.69, 9.17) is 0 Å². The highest BCUT2D eigenvalue weighted by Gasteiger charge is 1.87. The highest BCUT2D eigenvalue weighted by molar-refractivity contribution is 5.29. The lowest BCUT2D eigenvalue weighted by atomic mass is 10.1. The fraction of sp³-hybridized carbons (Fsp3) is 0.538. The van der Waals surface area contributed by atoms with Crippen LogP contribution in [-0.4, -0.2) is 0 Å². The van der Waals surface area contributed by atoms with Crippen LogP contribution < -0.4 is 0 Å². The van der Waals surface area contributed by atoms with Crippen molar-refractivity contribution in [1.29, 1.82) is 0 Å². The van der Waals surface area contributed by atoms with Crippen LogP contribution in [0.25, 0.3) is 0 Å². The van der Waals surface area contributed by atoms with Gasteiger partial charge in [-0.15, -0.1) is 0 Å². The summed E-state index contributed by atoms with van der Waals surface area (Å²) in [7, 11) is 0. The van der Waals surface area contributed by atoms with E-state index in [9.17, 15) is 0 Å². The van der Waals surface area contributed by atoms with E-state index in [0.717, 1.165) is 0 Å². The third-order valence-electron chi connectivity index (χ3n) is 2.07. The second-order valence-electron chi connectivity index (χ2n) is 3.76. The molecule has 0 aliphatic rings. The van der Waals surface area contributed by atoms with Gasteiger partial charge in [-0.2, -0.15) is 0 Å². The first-order valence-electron chi connectivity index (χ1n) is 5.06. The molecule has 13 heavy (non-hydrogen) atoms. The maximum atomic E-state index is 2.24. The summed E-state index contributed by atoms with van der Waals surface area (Å²) in [6.07, 6.45) is 9.09. The van der Waals surface area contributed by atoms with E-state index in [1.807, 2.05) is 0 Å². The van der Waals surface area contributed by atoms with Crippen LogP contribution in [0.5, 0.6) is 0 Å². The minimum Gasteiger partial charge on any atom is -0.0843 e. The quantitative estimate of drug-likeness (QED) is 0.550. The Labute approximate surface area is 83.0 Å². The molecule has 0 amide bonds. The lowest BCUT2D eigenvalue weighted by Gasteiger charge is -1.97. The van der Waals surface area contributed by atoms with Crippen molar-refractivity contribution in [1.82, 2.24) is 0 Å². The average molecular weight is 178 g/mol. The van der Waals surface area contributed by atoms with Gasteiger partial charge in [0, 0.05) is 0 Å². The molecule has 0 radical (unpaired) electrons. The van der Waals surface area contributed by atoms with Gasteiger partial charge in [0.05, 0.1) is 0 Å². The first-order valence-corrected chi connectivity index (χ1v) is 5.06. The number of rotatable bonds is 4. The molecular formula is C13H22. The molecule has 0 nitrogen and oxygen atoms in total. The average Bonchev–Trinajstić information content (AvgIpc) is 2.04. The summed E-state index contributed by atoms with van der Waals surface area (Å²) in [5, 5.41) is 0. The Morgan fingerprint density at radius 1 is 1.08 bits per heavy atom. The summed E-state index contributed by atoms with van der Waals surface area (Å²) >= 11 is 0. The fourth-order valence-electron chi connectivity index (χ4n) is 0.970. The molecule has 0 heteroatoms. The molecule has 0 unspecified atom stereocenters. The number of hydrogen-bond donors (Lipinski definition) is 0. The van der Waals surface area contributed by atoms with Crippen LogP contribution in [0.1, 0.15) is 47.5 Å². The molecule has 0 aromatic rings. The maximum Gasteiger partial charge on any atom is -0.0350 e. The molecule has 0 fully saturated rings. The summed E-state index contributed by atoms with van der Waals surface area (Å²) in [4.78, 5) is 0. The van der Waals surface area contributed by atoms with E-state index in [0.29, 0.717) is 0 Å². The van der Waals surface area contributed by atoms with E-state index in [-0.39, 0.29) is 0 Å². The first-order chi connectivity index (χ1) is 6.07. The molecule has 74 valence electrons.